The Kier molecular flexibility index (Phi) is 18.9. The number of nitrogens with one attached hydrogen (secondary N) is 8. The largest absolute Gasteiger partial charge is 0.508 e. The molecule has 0 aromatic heterocycles. The smallest absolute Gasteiger partial charge is 0.248 e. The molecule has 0 saturated heterocycles. The van der Waals surface area contributed by atoms with Gasteiger partial charge in [-0.05, 0) is 118 Å². The van der Waals surface area contributed by atoms with Crippen molar-refractivity contribution in [1.29, 1.82) is 0 Å². The highest BCUT2D eigenvalue weighted by molar-refractivity contribution is 6.32. The first kappa shape index (κ1) is 64.9. The Labute approximate surface area is 543 Å². The molecule has 0 spiro atoms. The molecule has 7 aromatic carbocycles. The van der Waals surface area contributed by atoms with Gasteiger partial charge >= 0.3 is 0 Å². The van der Waals surface area contributed by atoms with Gasteiger partial charge < -0.3 is 109 Å². The molecule has 488 valence electrons. The second kappa shape index (κ2) is 27.3. The van der Waals surface area contributed by atoms with Crippen molar-refractivity contribution >= 4 is 64.6 Å². The topological polar surface area (TPSA) is 452 Å². The fourth-order valence-corrected chi connectivity index (χ4v) is 11.6. The summed E-state index contributed by atoms with van der Waals surface area (Å²) in [6.07, 6.45) is -2.41. The van der Waals surface area contributed by atoms with Crippen LogP contribution in [0.3, 0.4) is 0 Å². The predicted octanol–water partition coefficient (Wildman–Crippen LogP) is 3.20. The maximum absolute atomic E-state index is 16.1. The van der Waals surface area contributed by atoms with Crippen LogP contribution in [0.4, 0.5) is 0 Å². The summed E-state index contributed by atoms with van der Waals surface area (Å²) in [7, 11) is 0. The van der Waals surface area contributed by atoms with Gasteiger partial charge in [-0.15, -0.1) is 0 Å². The number of amides is 7. The summed E-state index contributed by atoms with van der Waals surface area (Å²) in [6, 6.07) is 10.1. The fourth-order valence-electron chi connectivity index (χ4n) is 11.1. The van der Waals surface area contributed by atoms with E-state index in [1.165, 1.54) is 78.9 Å². The van der Waals surface area contributed by atoms with E-state index in [1.54, 1.807) is 0 Å². The van der Waals surface area contributed by atoms with E-state index in [4.69, 9.17) is 59.4 Å². The average Bonchev–Trinajstić information content (AvgIpc) is 0.774. The number of ether oxygens (including phenoxy) is 4. The Morgan fingerprint density at radius 1 is 0.543 bits per heavy atom. The minimum atomic E-state index is -2.13. The number of hydrogen-bond donors (Lipinski definition) is 17. The third-order valence-electron chi connectivity index (χ3n) is 15.7. The summed E-state index contributed by atoms with van der Waals surface area (Å²) >= 11 is 14.1. The number of hydrogen-bond acceptors (Lipinski definition) is 21. The van der Waals surface area contributed by atoms with Crippen LogP contribution in [0.2, 0.25) is 10.0 Å². The molecule has 13 rings (SSSR count). The van der Waals surface area contributed by atoms with Gasteiger partial charge in [0.15, 0.2) is 23.0 Å². The maximum Gasteiger partial charge on any atom is 0.248 e. The summed E-state index contributed by atoms with van der Waals surface area (Å²) in [5.74, 6) is -12.2. The van der Waals surface area contributed by atoms with Crippen LogP contribution in [-0.4, -0.2) is 123 Å². The number of carbonyl (C=O) groups excluding carboxylic acids is 7. The molecule has 0 radical (unpaired) electrons. The first-order valence-corrected chi connectivity index (χ1v) is 29.9. The lowest BCUT2D eigenvalue weighted by atomic mass is 9.89. The molecule has 7 aromatic rings. The third-order valence-corrected chi connectivity index (χ3v) is 16.3. The average molecular weight is 1330 g/mol. The van der Waals surface area contributed by atoms with E-state index < -0.39 is 118 Å². The number of benzene rings is 7. The van der Waals surface area contributed by atoms with E-state index >= 15 is 24.0 Å². The van der Waals surface area contributed by atoms with Crippen molar-refractivity contribution in [1.82, 2.24) is 42.5 Å². The number of aliphatic hydroxyl groups is 1. The molecule has 6 heterocycles. The lowest BCUT2D eigenvalue weighted by Gasteiger charge is -2.31. The number of nitrogens with two attached hydrogens (primary N) is 3. The van der Waals surface area contributed by atoms with Gasteiger partial charge in [-0.1, -0.05) is 47.5 Å². The van der Waals surface area contributed by atoms with Gasteiger partial charge in [-0.2, -0.15) is 0 Å². The monoisotopic (exact) mass is 1330 g/mol. The SMILES string of the molecule is NCCNCCOc1c2cc3cc1Oc1ccc(cc1Cl)[C@@H](O)[C@@H]1NC(=O)[C@H](NC(=O)[C@@H]3NC(=O)[C@H]3NC(=O)[C@@H](Cc4ccc(c(Cl)c4)O2)NC(=O)[C@H](N)c2ccc(O)c(c2)Oc2cc(O)cc3c2)c2ccc(O)c(c2)-c2c(O)cc(O)cc2[C@H](C(=O)NCCN)NC1=O. The highest BCUT2D eigenvalue weighted by atomic mass is 35.5. The number of aliphatic hydroxyl groups excluding tert-OH is 1. The zero-order valence-corrected chi connectivity index (χ0v) is 50.7. The van der Waals surface area contributed by atoms with Gasteiger partial charge in [0.2, 0.25) is 47.1 Å². The van der Waals surface area contributed by atoms with Crippen molar-refractivity contribution in [2.24, 2.45) is 17.2 Å². The Morgan fingerprint density at radius 3 is 1.84 bits per heavy atom. The molecule has 0 aliphatic carbocycles. The number of halogens is 2. The molecule has 28 nitrogen and oxygen atoms in total. The molecular weight excluding hydrogens is 1270 g/mol. The van der Waals surface area contributed by atoms with Gasteiger partial charge in [0.1, 0.15) is 95.3 Å². The number of fused-ring (bicyclic) bond motifs is 14. The fraction of sp³-hybridized carbons (Fsp3) is 0.234. The Bertz CT molecular complexity index is 4220. The highest BCUT2D eigenvalue weighted by Crippen LogP contribution is 2.49. The molecule has 0 saturated carbocycles. The van der Waals surface area contributed by atoms with Gasteiger partial charge in [0.05, 0.1) is 10.0 Å². The van der Waals surface area contributed by atoms with E-state index in [-0.39, 0.29) is 134 Å². The molecule has 94 heavy (non-hydrogen) atoms. The van der Waals surface area contributed by atoms with Crippen molar-refractivity contribution < 1.29 is 83.1 Å². The summed E-state index contributed by atoms with van der Waals surface area (Å²) in [4.78, 5) is 106. The first-order chi connectivity index (χ1) is 45.0. The van der Waals surface area contributed by atoms with E-state index in [9.17, 15) is 40.2 Å². The quantitative estimate of drug-likeness (QED) is 0.0923. The molecule has 8 atom stereocenters. The molecule has 0 fully saturated rings. The Morgan fingerprint density at radius 2 is 1.15 bits per heavy atom. The van der Waals surface area contributed by atoms with Crippen molar-refractivity contribution in [3.8, 4) is 80.1 Å². The number of aromatic hydroxyl groups is 5. The summed E-state index contributed by atoms with van der Waals surface area (Å²) < 4.78 is 25.7. The molecule has 6 aliphatic rings. The lowest BCUT2D eigenvalue weighted by Crippen LogP contribution is -2.56. The zero-order chi connectivity index (χ0) is 66.8. The van der Waals surface area contributed by atoms with Crippen LogP contribution in [0.1, 0.15) is 75.3 Å². The lowest BCUT2D eigenvalue weighted by molar-refractivity contribution is -0.137. The zero-order valence-electron chi connectivity index (χ0n) is 49.2. The second-order valence-electron chi connectivity index (χ2n) is 22.2. The van der Waals surface area contributed by atoms with Crippen LogP contribution in [0.25, 0.3) is 11.1 Å². The van der Waals surface area contributed by atoms with E-state index in [0.717, 1.165) is 36.4 Å². The predicted molar refractivity (Wildman–Crippen MR) is 335 cm³/mol. The molecule has 0 unspecified atom stereocenters. The van der Waals surface area contributed by atoms with E-state index in [0.29, 0.717) is 12.1 Å². The van der Waals surface area contributed by atoms with Gasteiger partial charge in [-0.3, -0.25) is 33.6 Å². The third kappa shape index (κ3) is 13.6. The van der Waals surface area contributed by atoms with Crippen LogP contribution < -0.4 is 78.7 Å². The molecule has 17 bridgehead atoms. The van der Waals surface area contributed by atoms with Crippen molar-refractivity contribution in [2.45, 2.75) is 54.8 Å². The Hall–Kier alpha value is -10.6. The molecule has 30 heteroatoms. The first-order valence-electron chi connectivity index (χ1n) is 29.2. The van der Waals surface area contributed by atoms with Gasteiger partial charge in [-0.25, -0.2) is 0 Å². The minimum absolute atomic E-state index is 0.0566. The van der Waals surface area contributed by atoms with Crippen LogP contribution in [0, 0.1) is 0 Å². The maximum atomic E-state index is 16.1. The van der Waals surface area contributed by atoms with Crippen molar-refractivity contribution in [2.75, 3.05) is 39.3 Å². The molecule has 7 amide bonds. The highest BCUT2D eigenvalue weighted by Gasteiger charge is 2.41. The van der Waals surface area contributed by atoms with Gasteiger partial charge in [0, 0.05) is 62.4 Å². The van der Waals surface area contributed by atoms with Crippen LogP contribution in [-0.2, 0) is 40.0 Å². The molecule has 20 N–H and O–H groups in total. The number of phenolic OH excluding ortho intramolecular Hbond substituents is 5. The number of carbonyl (C=O) groups is 7. The van der Waals surface area contributed by atoms with Crippen LogP contribution >= 0.6 is 23.2 Å². The summed E-state index contributed by atoms with van der Waals surface area (Å²) in [5.41, 5.74) is 16.7. The van der Waals surface area contributed by atoms with E-state index in [2.05, 4.69) is 42.5 Å². The number of phenols is 5. The molecule has 6 aliphatic heterocycles. The summed E-state index contributed by atoms with van der Waals surface area (Å²) in [5, 5.41) is 90.1. The Balaban J connectivity index is 1.16. The van der Waals surface area contributed by atoms with Crippen molar-refractivity contribution in [3.63, 3.8) is 0 Å². The van der Waals surface area contributed by atoms with Crippen LogP contribution in [0.15, 0.2) is 115 Å². The second-order valence-corrected chi connectivity index (χ2v) is 23.0. The normalized spacial score (nSPS) is 21.0. The van der Waals surface area contributed by atoms with Gasteiger partial charge in [0.25, 0.3) is 0 Å². The minimum Gasteiger partial charge on any atom is -0.508 e. The standard InChI is InChI=1S/C64H61Cl2N11O17/c65-38-15-27-1-7-44(38)93-47-22-32-23-48(57(47)91-14-13-70-11-9-67)94-45-8-4-30(20-39(45)66)56(83)55-64(90)76-54(60(86)71-12-10-68)37-25-34(79)26-43(82)49(37)36-19-29(3-5-41(36)80)51(61(87)77-55)74-63(89)53(32)75-62(88)52-31-17-33(78)24-35(18-31)92-46-21-28(2-6-42(46)81)50(69)59(85)72-40(16-27)58(84)73-52/h1-8,15,17-26,40,50-56,70,78-83H,9-14,16,67-69H2,(H,71,86)(H,72,85)(H,73,84)(H,74,89)(H,75,88)(H,76,90)(H,77,87)/t40-,50-,51-,52+,53-,54-,55+,56-/m1/s1. The van der Waals surface area contributed by atoms with E-state index in [1.807, 2.05) is 0 Å². The molecular formula is C64H61Cl2N11O17. The number of rotatable bonds is 9. The van der Waals surface area contributed by atoms with Crippen LogP contribution in [0.5, 0.6) is 69.0 Å². The van der Waals surface area contributed by atoms with Crippen molar-refractivity contribution in [3.05, 3.63) is 164 Å². The summed E-state index contributed by atoms with van der Waals surface area (Å²) in [6.45, 7) is 0.499.